The molecule has 2 aromatic rings. The van der Waals surface area contributed by atoms with Crippen molar-refractivity contribution in [1.29, 1.82) is 0 Å². The summed E-state index contributed by atoms with van der Waals surface area (Å²) < 4.78 is 30.0. The molecule has 1 aliphatic heterocycles. The van der Waals surface area contributed by atoms with Gasteiger partial charge in [-0.1, -0.05) is 63.1 Å². The van der Waals surface area contributed by atoms with Crippen LogP contribution in [0.3, 0.4) is 0 Å². The van der Waals surface area contributed by atoms with E-state index in [1.807, 2.05) is 6.07 Å². The summed E-state index contributed by atoms with van der Waals surface area (Å²) in [4.78, 5) is 12.7. The molecule has 0 saturated heterocycles. The van der Waals surface area contributed by atoms with Gasteiger partial charge in [-0.15, -0.1) is 0 Å². The number of carbonyl (C=O) groups excluding carboxylic acids is 1. The van der Waals surface area contributed by atoms with Crippen LogP contribution < -0.4 is 4.74 Å². The molecule has 1 heterocycles. The molecule has 0 amide bonds. The average molecular weight is 446 g/mol. The molecule has 2 aromatic carbocycles. The molecule has 0 spiro atoms. The number of fused-ring (bicyclic) bond motifs is 1. The molecule has 6 nitrogen and oxygen atoms in total. The summed E-state index contributed by atoms with van der Waals surface area (Å²) in [5.74, 6) is 0.717. The van der Waals surface area contributed by atoms with Crippen molar-refractivity contribution in [2.45, 2.75) is 52.1 Å². The molecular weight excluding hydrogens is 415 g/mol. The summed E-state index contributed by atoms with van der Waals surface area (Å²) in [6.07, 6.45) is 3.07. The van der Waals surface area contributed by atoms with Gasteiger partial charge < -0.3 is 18.9 Å². The van der Waals surface area contributed by atoms with Crippen LogP contribution in [-0.4, -0.2) is 30.3 Å². The Labute approximate surface area is 184 Å². The van der Waals surface area contributed by atoms with E-state index in [1.165, 1.54) is 0 Å². The minimum Gasteiger partial charge on any atom is -0.448 e. The second-order valence-corrected chi connectivity index (χ2v) is 9.85. The number of benzene rings is 2. The van der Waals surface area contributed by atoms with Crippen LogP contribution in [-0.2, 0) is 20.0 Å². The summed E-state index contributed by atoms with van der Waals surface area (Å²) in [6.45, 7) is 4.94. The largest absolute Gasteiger partial charge is 0.448 e. The first-order chi connectivity index (χ1) is 15.0. The van der Waals surface area contributed by atoms with Gasteiger partial charge in [-0.05, 0) is 36.5 Å². The Kier molecular flexibility index (Phi) is 8.44. The van der Waals surface area contributed by atoms with E-state index in [0.717, 1.165) is 31.2 Å². The summed E-state index contributed by atoms with van der Waals surface area (Å²) in [6, 6.07) is 12.3. The zero-order chi connectivity index (χ0) is 22.3. The second-order valence-electron chi connectivity index (χ2n) is 7.67. The molecule has 31 heavy (non-hydrogen) atoms. The van der Waals surface area contributed by atoms with Gasteiger partial charge >= 0.3 is 7.60 Å². The lowest BCUT2D eigenvalue weighted by molar-refractivity contribution is 0.0747. The van der Waals surface area contributed by atoms with Gasteiger partial charge in [0.25, 0.3) is 0 Å². The Morgan fingerprint density at radius 3 is 2.26 bits per heavy atom. The third-order valence-electron chi connectivity index (χ3n) is 5.21. The Bertz CT molecular complexity index is 913. The van der Waals surface area contributed by atoms with Gasteiger partial charge in [0.1, 0.15) is 6.10 Å². The van der Waals surface area contributed by atoms with Crippen molar-refractivity contribution in [3.63, 3.8) is 0 Å². The molecule has 0 fully saturated rings. The molecule has 1 atom stereocenters. The van der Waals surface area contributed by atoms with Crippen LogP contribution in [0.15, 0.2) is 42.5 Å². The topological polar surface area (TPSA) is 85.4 Å². The SMILES string of the molecule is CCCCOP(=O)(CCc1ccc(C(=O)C(O)c2ccccc2)c2c1O2)OCCCC. The molecule has 0 radical (unpaired) electrons. The summed E-state index contributed by atoms with van der Waals surface area (Å²) >= 11 is 0. The Morgan fingerprint density at radius 2 is 1.65 bits per heavy atom. The number of ketones is 1. The summed E-state index contributed by atoms with van der Waals surface area (Å²) in [5, 5.41) is 10.4. The average Bonchev–Trinajstić information content (AvgIpc) is 3.59. The summed E-state index contributed by atoms with van der Waals surface area (Å²) in [7, 11) is -3.19. The quantitative estimate of drug-likeness (QED) is 0.140. The van der Waals surface area contributed by atoms with Crippen molar-refractivity contribution in [3.8, 4) is 11.5 Å². The van der Waals surface area contributed by atoms with Crippen molar-refractivity contribution in [1.82, 2.24) is 0 Å². The van der Waals surface area contributed by atoms with Crippen molar-refractivity contribution < 1.29 is 28.3 Å². The van der Waals surface area contributed by atoms with Crippen LogP contribution >= 0.6 is 7.60 Å². The van der Waals surface area contributed by atoms with Gasteiger partial charge in [0, 0.05) is 0 Å². The van der Waals surface area contributed by atoms with E-state index < -0.39 is 19.5 Å². The minimum atomic E-state index is -3.19. The second kappa shape index (κ2) is 11.1. The van der Waals surface area contributed by atoms with E-state index in [4.69, 9.17) is 13.8 Å². The minimum absolute atomic E-state index is 0.260. The molecule has 168 valence electrons. The maximum absolute atomic E-state index is 13.1. The highest BCUT2D eigenvalue weighted by Crippen LogP contribution is 2.54. The number of rotatable bonds is 14. The number of Topliss-reactive ketones (excluding diaryl/α,β-unsaturated/α-hetero) is 1. The van der Waals surface area contributed by atoms with Gasteiger partial charge in [0.15, 0.2) is 17.3 Å². The van der Waals surface area contributed by atoms with Gasteiger partial charge in [0.2, 0.25) is 0 Å². The molecular formula is C24H31O6P. The Hall–Kier alpha value is -1.98. The molecule has 0 aromatic heterocycles. The molecule has 7 heteroatoms. The molecule has 0 aliphatic carbocycles. The summed E-state index contributed by atoms with van der Waals surface area (Å²) in [5.41, 5.74) is 1.76. The van der Waals surface area contributed by atoms with E-state index in [2.05, 4.69) is 13.8 Å². The third-order valence-corrected chi connectivity index (χ3v) is 7.14. The van der Waals surface area contributed by atoms with Crippen molar-refractivity contribution in [3.05, 3.63) is 59.2 Å². The Balaban J connectivity index is 1.65. The fraction of sp³-hybridized carbons (Fsp3) is 0.458. The molecule has 1 N–H and O–H groups in total. The van der Waals surface area contributed by atoms with E-state index in [9.17, 15) is 14.5 Å². The van der Waals surface area contributed by atoms with Gasteiger partial charge in [-0.2, -0.15) is 0 Å². The lowest BCUT2D eigenvalue weighted by Gasteiger charge is -2.18. The molecule has 1 aliphatic rings. The van der Waals surface area contributed by atoms with Crippen LogP contribution in [0.2, 0.25) is 0 Å². The molecule has 3 rings (SSSR count). The number of aliphatic hydroxyl groups is 1. The number of ether oxygens (including phenoxy) is 1. The smallest absolute Gasteiger partial charge is 0.331 e. The van der Waals surface area contributed by atoms with Crippen LogP contribution in [0.4, 0.5) is 0 Å². The van der Waals surface area contributed by atoms with E-state index in [0.29, 0.717) is 42.3 Å². The normalized spacial score (nSPS) is 13.4. The number of hydrogen-bond donors (Lipinski definition) is 1. The number of unbranched alkanes of at least 4 members (excludes halogenated alkanes) is 2. The van der Waals surface area contributed by atoms with Gasteiger partial charge in [0.05, 0.1) is 24.9 Å². The molecule has 0 bridgehead atoms. The molecule has 0 saturated carbocycles. The monoisotopic (exact) mass is 446 g/mol. The zero-order valence-corrected chi connectivity index (χ0v) is 19.1. The highest BCUT2D eigenvalue weighted by atomic mass is 31.2. The van der Waals surface area contributed by atoms with E-state index in [-0.39, 0.29) is 6.16 Å². The predicted molar refractivity (Wildman–Crippen MR) is 120 cm³/mol. The lowest BCUT2D eigenvalue weighted by atomic mass is 9.99. The number of carbonyl (C=O) groups is 1. The van der Waals surface area contributed by atoms with Crippen molar-refractivity contribution >= 4 is 13.4 Å². The van der Waals surface area contributed by atoms with Crippen LogP contribution in [0.1, 0.15) is 67.1 Å². The highest BCUT2D eigenvalue weighted by molar-refractivity contribution is 7.53. The van der Waals surface area contributed by atoms with Crippen molar-refractivity contribution in [2.24, 2.45) is 0 Å². The maximum Gasteiger partial charge on any atom is 0.331 e. The molecule has 1 unspecified atom stereocenters. The number of aliphatic hydroxyl groups excluding tert-OH is 1. The van der Waals surface area contributed by atoms with Crippen LogP contribution in [0.25, 0.3) is 0 Å². The standard InChI is InChI=1S/C24H31O6P/c1-3-5-15-28-31(27,29-16-6-4-2)17-14-19-12-13-20(24-23(19)30-24)22(26)21(25)18-10-8-7-9-11-18/h7-13,21,25H,3-6,14-17H2,1-2H3. The van der Waals surface area contributed by atoms with Gasteiger partial charge in [-0.3, -0.25) is 9.36 Å². The first-order valence-electron chi connectivity index (χ1n) is 11.0. The predicted octanol–water partition coefficient (Wildman–Crippen LogP) is 6.08. The van der Waals surface area contributed by atoms with E-state index >= 15 is 0 Å². The van der Waals surface area contributed by atoms with Crippen LogP contribution in [0.5, 0.6) is 11.5 Å². The lowest BCUT2D eigenvalue weighted by Crippen LogP contribution is -2.11. The first-order valence-corrected chi connectivity index (χ1v) is 12.7. The zero-order valence-electron chi connectivity index (χ0n) is 18.2. The van der Waals surface area contributed by atoms with Gasteiger partial charge in [-0.25, -0.2) is 0 Å². The van der Waals surface area contributed by atoms with Crippen molar-refractivity contribution in [2.75, 3.05) is 19.4 Å². The highest BCUT2D eigenvalue weighted by Gasteiger charge is 2.35. The van der Waals surface area contributed by atoms with E-state index in [1.54, 1.807) is 36.4 Å². The fourth-order valence-corrected chi connectivity index (χ4v) is 4.91. The maximum atomic E-state index is 13.1. The number of aryl methyl sites for hydroxylation is 1. The number of hydrogen-bond acceptors (Lipinski definition) is 6. The van der Waals surface area contributed by atoms with Crippen LogP contribution in [0, 0.1) is 0 Å². The third kappa shape index (κ3) is 6.27. The fourth-order valence-electron chi connectivity index (χ4n) is 3.25. The first kappa shape index (κ1) is 23.7. The Morgan fingerprint density at radius 1 is 1.00 bits per heavy atom.